The number of nitrogens with zero attached hydrogens (tertiary/aromatic N) is 1. The van der Waals surface area contributed by atoms with Crippen molar-refractivity contribution in [3.63, 3.8) is 0 Å². The molecule has 0 radical (unpaired) electrons. The molecule has 0 amide bonds. The summed E-state index contributed by atoms with van der Waals surface area (Å²) in [4.78, 5) is 5.67. The maximum absolute atomic E-state index is 5.89. The minimum Gasteiger partial charge on any atom is -0.464 e. The van der Waals surface area contributed by atoms with Crippen molar-refractivity contribution >= 4 is 16.5 Å². The number of hydrogen-bond acceptors (Lipinski definition) is 5. The summed E-state index contributed by atoms with van der Waals surface area (Å²) in [6.07, 6.45) is 2.64. The van der Waals surface area contributed by atoms with Crippen molar-refractivity contribution in [3.8, 4) is 11.3 Å². The molecule has 3 aromatic rings. The van der Waals surface area contributed by atoms with Crippen molar-refractivity contribution in [2.75, 3.05) is 12.3 Å². The zero-order valence-electron chi connectivity index (χ0n) is 11.4. The van der Waals surface area contributed by atoms with Gasteiger partial charge in [0, 0.05) is 18.5 Å². The largest absolute Gasteiger partial charge is 0.464 e. The third-order valence-corrected chi connectivity index (χ3v) is 4.77. The van der Waals surface area contributed by atoms with E-state index in [1.54, 1.807) is 17.6 Å². The lowest BCUT2D eigenvalue weighted by Crippen LogP contribution is -2.30. The smallest absolute Gasteiger partial charge is 0.180 e. The van der Waals surface area contributed by atoms with E-state index in [9.17, 15) is 0 Å². The molecule has 0 fully saturated rings. The molecular formula is C16H15N3OS. The van der Waals surface area contributed by atoms with Crippen LogP contribution < -0.4 is 11.1 Å². The number of furan rings is 1. The lowest BCUT2D eigenvalue weighted by atomic mass is 9.94. The average molecular weight is 297 g/mol. The van der Waals surface area contributed by atoms with Gasteiger partial charge in [-0.25, -0.2) is 4.98 Å². The predicted octanol–water partition coefficient (Wildman–Crippen LogP) is 3.22. The molecule has 1 aliphatic heterocycles. The van der Waals surface area contributed by atoms with E-state index in [-0.39, 0.29) is 6.04 Å². The monoisotopic (exact) mass is 297 g/mol. The molecule has 4 rings (SSSR count). The normalized spacial score (nSPS) is 17.6. The topological polar surface area (TPSA) is 64.1 Å². The molecule has 0 unspecified atom stereocenters. The number of fused-ring (bicyclic) bond motifs is 1. The number of rotatable bonds is 2. The highest BCUT2D eigenvalue weighted by atomic mass is 32.1. The SMILES string of the molecule is Nc1nc2c(s1)[C@H](c1ccccc1-c1ccco1)NCC2. The maximum atomic E-state index is 5.89. The molecule has 1 aromatic carbocycles. The fourth-order valence-corrected chi connectivity index (χ4v) is 3.85. The van der Waals surface area contributed by atoms with E-state index in [2.05, 4.69) is 28.5 Å². The van der Waals surface area contributed by atoms with Crippen LogP contribution in [0, 0.1) is 0 Å². The second-order valence-corrected chi connectivity index (χ2v) is 6.13. The Morgan fingerprint density at radius 3 is 3.00 bits per heavy atom. The van der Waals surface area contributed by atoms with Crippen LogP contribution in [0.25, 0.3) is 11.3 Å². The molecule has 3 heterocycles. The van der Waals surface area contributed by atoms with Crippen LogP contribution in [0.1, 0.15) is 22.2 Å². The van der Waals surface area contributed by atoms with Gasteiger partial charge in [0.05, 0.1) is 22.9 Å². The van der Waals surface area contributed by atoms with E-state index < -0.39 is 0 Å². The van der Waals surface area contributed by atoms with Crippen molar-refractivity contribution in [2.24, 2.45) is 0 Å². The Labute approximate surface area is 126 Å². The molecule has 2 aromatic heterocycles. The van der Waals surface area contributed by atoms with Crippen LogP contribution in [0.15, 0.2) is 47.1 Å². The highest BCUT2D eigenvalue weighted by Crippen LogP contribution is 2.38. The summed E-state index contributed by atoms with van der Waals surface area (Å²) in [5.74, 6) is 0.886. The van der Waals surface area contributed by atoms with Crippen LogP contribution in [0.3, 0.4) is 0 Å². The van der Waals surface area contributed by atoms with Crippen LogP contribution in [0.4, 0.5) is 5.13 Å². The lowest BCUT2D eigenvalue weighted by Gasteiger charge is -2.25. The summed E-state index contributed by atoms with van der Waals surface area (Å²) >= 11 is 1.57. The minimum atomic E-state index is 0.129. The molecule has 0 spiro atoms. The van der Waals surface area contributed by atoms with Crippen molar-refractivity contribution in [3.05, 3.63) is 58.8 Å². The van der Waals surface area contributed by atoms with E-state index in [0.717, 1.165) is 30.0 Å². The van der Waals surface area contributed by atoms with Gasteiger partial charge in [0.1, 0.15) is 5.76 Å². The van der Waals surface area contributed by atoms with Crippen LogP contribution in [-0.4, -0.2) is 11.5 Å². The molecule has 0 bridgehead atoms. The van der Waals surface area contributed by atoms with E-state index in [0.29, 0.717) is 5.13 Å². The summed E-state index contributed by atoms with van der Waals surface area (Å²) in [5.41, 5.74) is 9.33. The fourth-order valence-electron chi connectivity index (χ4n) is 2.87. The molecule has 0 saturated heterocycles. The van der Waals surface area contributed by atoms with Crippen molar-refractivity contribution < 1.29 is 4.42 Å². The van der Waals surface area contributed by atoms with Crippen LogP contribution in [0.5, 0.6) is 0 Å². The number of aromatic nitrogens is 1. The summed E-state index contributed by atoms with van der Waals surface area (Å²) in [7, 11) is 0. The van der Waals surface area contributed by atoms with Gasteiger partial charge in [-0.3, -0.25) is 0 Å². The van der Waals surface area contributed by atoms with Gasteiger partial charge >= 0.3 is 0 Å². The van der Waals surface area contributed by atoms with E-state index in [1.807, 2.05) is 18.2 Å². The second-order valence-electron chi connectivity index (χ2n) is 5.06. The van der Waals surface area contributed by atoms with E-state index in [1.165, 1.54) is 10.4 Å². The third-order valence-electron chi connectivity index (χ3n) is 3.77. The number of nitrogens with one attached hydrogen (secondary N) is 1. The molecule has 5 heteroatoms. The van der Waals surface area contributed by atoms with Gasteiger partial charge in [-0.1, -0.05) is 24.3 Å². The van der Waals surface area contributed by atoms with Gasteiger partial charge in [0.15, 0.2) is 5.13 Å². The molecule has 4 nitrogen and oxygen atoms in total. The van der Waals surface area contributed by atoms with Crippen molar-refractivity contribution in [2.45, 2.75) is 12.5 Å². The predicted molar refractivity (Wildman–Crippen MR) is 84.2 cm³/mol. The van der Waals surface area contributed by atoms with Gasteiger partial charge in [-0.05, 0) is 17.7 Å². The van der Waals surface area contributed by atoms with Crippen molar-refractivity contribution in [1.82, 2.24) is 10.3 Å². The first-order chi connectivity index (χ1) is 10.3. The first-order valence-electron chi connectivity index (χ1n) is 6.94. The Hall–Kier alpha value is -2.11. The lowest BCUT2D eigenvalue weighted by molar-refractivity contribution is 0.562. The number of nitrogen functional groups attached to an aromatic ring is 1. The van der Waals surface area contributed by atoms with E-state index in [4.69, 9.17) is 10.2 Å². The van der Waals surface area contributed by atoms with Crippen LogP contribution in [0.2, 0.25) is 0 Å². The summed E-state index contributed by atoms with van der Waals surface area (Å²) < 4.78 is 5.58. The number of nitrogens with two attached hydrogens (primary N) is 1. The molecule has 1 atom stereocenters. The molecule has 0 aliphatic carbocycles. The van der Waals surface area contributed by atoms with Crippen LogP contribution >= 0.6 is 11.3 Å². The number of thiazole rings is 1. The Morgan fingerprint density at radius 2 is 2.14 bits per heavy atom. The molecule has 21 heavy (non-hydrogen) atoms. The molecular weight excluding hydrogens is 282 g/mol. The van der Waals surface area contributed by atoms with Gasteiger partial charge in [-0.15, -0.1) is 11.3 Å². The Kier molecular flexibility index (Phi) is 3.02. The first-order valence-corrected chi connectivity index (χ1v) is 7.76. The van der Waals surface area contributed by atoms with Crippen molar-refractivity contribution in [1.29, 1.82) is 0 Å². The first kappa shape index (κ1) is 12.6. The molecule has 1 aliphatic rings. The highest BCUT2D eigenvalue weighted by Gasteiger charge is 2.27. The Bertz CT molecular complexity index is 764. The van der Waals surface area contributed by atoms with Gasteiger partial charge in [0.25, 0.3) is 0 Å². The molecule has 0 saturated carbocycles. The molecule has 106 valence electrons. The summed E-state index contributed by atoms with van der Waals surface area (Å²) in [6, 6.07) is 12.4. The quantitative estimate of drug-likeness (QED) is 0.762. The fraction of sp³-hybridized carbons (Fsp3) is 0.188. The maximum Gasteiger partial charge on any atom is 0.180 e. The Balaban J connectivity index is 1.85. The zero-order chi connectivity index (χ0) is 14.2. The summed E-state index contributed by atoms with van der Waals surface area (Å²) in [5, 5.41) is 4.22. The number of benzene rings is 1. The third kappa shape index (κ3) is 2.14. The van der Waals surface area contributed by atoms with Crippen LogP contribution in [-0.2, 0) is 6.42 Å². The summed E-state index contributed by atoms with van der Waals surface area (Å²) in [6.45, 7) is 0.910. The van der Waals surface area contributed by atoms with Gasteiger partial charge in [0.2, 0.25) is 0 Å². The number of hydrogen-bond donors (Lipinski definition) is 2. The highest BCUT2D eigenvalue weighted by molar-refractivity contribution is 7.15. The number of anilines is 1. The zero-order valence-corrected chi connectivity index (χ0v) is 12.2. The second kappa shape index (κ2) is 5.02. The standard InChI is InChI=1S/C16H15N3OS/c17-16-19-12-7-8-18-14(15(12)21-16)11-5-2-1-4-10(11)13-6-3-9-20-13/h1-6,9,14,18H,7-8H2,(H2,17,19)/t14-/m0/s1. The Morgan fingerprint density at radius 1 is 1.24 bits per heavy atom. The minimum absolute atomic E-state index is 0.129. The molecule has 3 N–H and O–H groups in total. The van der Waals surface area contributed by atoms with Gasteiger partial charge in [-0.2, -0.15) is 0 Å². The average Bonchev–Trinajstić information content (AvgIpc) is 3.15. The van der Waals surface area contributed by atoms with Gasteiger partial charge < -0.3 is 15.5 Å². The van der Waals surface area contributed by atoms with E-state index >= 15 is 0 Å².